The molecule has 0 radical (unpaired) electrons. The molecule has 0 saturated carbocycles. The lowest BCUT2D eigenvalue weighted by molar-refractivity contribution is 0.0599. The summed E-state index contributed by atoms with van der Waals surface area (Å²) < 4.78 is 16.8. The molecule has 1 amide bonds. The molecule has 4 aliphatic heterocycles. The van der Waals surface area contributed by atoms with E-state index in [1.54, 1.807) is 0 Å². The van der Waals surface area contributed by atoms with E-state index in [4.69, 9.17) is 26.4 Å². The third kappa shape index (κ3) is 18.9. The molecule has 4 saturated heterocycles. The zero-order valence-corrected chi connectivity index (χ0v) is 50.2. The van der Waals surface area contributed by atoms with Gasteiger partial charge in [-0.05, 0) is 192 Å². The Morgan fingerprint density at radius 3 is 1.67 bits per heavy atom. The predicted octanol–water partition coefficient (Wildman–Crippen LogP) is 8.82. The molecule has 17 heteroatoms. The van der Waals surface area contributed by atoms with Gasteiger partial charge in [-0.2, -0.15) is 0 Å². The Labute approximate surface area is 478 Å². The van der Waals surface area contributed by atoms with Gasteiger partial charge < -0.3 is 45.0 Å². The summed E-state index contributed by atoms with van der Waals surface area (Å²) in [5.74, 6) is 8.82. The summed E-state index contributed by atoms with van der Waals surface area (Å²) in [6.07, 6.45) is 14.2. The van der Waals surface area contributed by atoms with Crippen LogP contribution in [0.1, 0.15) is 136 Å². The summed E-state index contributed by atoms with van der Waals surface area (Å²) in [4.78, 5) is 64.0. The van der Waals surface area contributed by atoms with E-state index in [0.717, 1.165) is 146 Å². The van der Waals surface area contributed by atoms with E-state index in [0.29, 0.717) is 40.9 Å². The number of ether oxygens (including phenoxy) is 3. The lowest BCUT2D eigenvalue weighted by atomic mass is 9.98. The van der Waals surface area contributed by atoms with Gasteiger partial charge in [0.1, 0.15) is 0 Å². The van der Waals surface area contributed by atoms with Crippen molar-refractivity contribution in [1.29, 1.82) is 0 Å². The van der Waals surface area contributed by atoms with Crippen molar-refractivity contribution in [1.82, 2.24) is 25.1 Å². The van der Waals surface area contributed by atoms with Gasteiger partial charge >= 0.3 is 5.97 Å². The standard InChI is InChI=1S/C30H40N4O3.C16H22BrNO3.C8H12N2O.C7H11N.ClH/c1-5-34(25-10-15-37-16-11-25)28-19-24(9-8-14-33-12-6-7-13-33)18-26(23(28)4)29(35)31-20-27-21(2)17-22(3)32-30(27)36;1-4-18(13-5-7-21-8-6-13)15-10-12(17)9-14(11(15)2)16(19)20-3;1-5-3-6(2)10-8(11)7(5)4-9;1-2-5-8-6-3-4-7-8;/h17-19,25H,5-7,10-16,20H2,1-4H3,(H,31,35)(H,32,36);9-10,13H,4-8H2,1-3H3;3H,4,9H2,1-2H3,(H,10,11);1H,3-7H2;1H. The maximum Gasteiger partial charge on any atom is 0.338 e. The Balaban J connectivity index is 0.000000266. The van der Waals surface area contributed by atoms with Crippen molar-refractivity contribution in [3.05, 3.63) is 123 Å². The molecule has 4 aliphatic rings. The highest BCUT2D eigenvalue weighted by Gasteiger charge is 2.26. The number of carbonyl (C=O) groups excluding carboxylic acids is 2. The van der Waals surface area contributed by atoms with Gasteiger partial charge in [0.15, 0.2) is 0 Å². The molecule has 0 bridgehead atoms. The Morgan fingerprint density at radius 1 is 0.731 bits per heavy atom. The Kier molecular flexibility index (Phi) is 27.7. The maximum atomic E-state index is 13.5. The number of likely N-dealkylation sites (tertiary alicyclic amines) is 2. The third-order valence-electron chi connectivity index (χ3n) is 14.8. The first kappa shape index (κ1) is 65.1. The van der Waals surface area contributed by atoms with Crippen LogP contribution in [-0.2, 0) is 27.3 Å². The number of aromatic nitrogens is 2. The molecule has 15 nitrogen and oxygen atoms in total. The number of terminal acetylenes is 1. The Bertz CT molecular complexity index is 2810. The number of aromatic amines is 2. The Morgan fingerprint density at radius 2 is 1.21 bits per heavy atom. The number of halogens is 2. The van der Waals surface area contributed by atoms with Crippen LogP contribution < -0.4 is 32.0 Å². The lowest BCUT2D eigenvalue weighted by Crippen LogP contribution is -2.40. The number of pyridine rings is 2. The summed E-state index contributed by atoms with van der Waals surface area (Å²) in [5, 5.41) is 3.00. The number of rotatable bonds is 13. The van der Waals surface area contributed by atoms with Crippen LogP contribution in [0.25, 0.3) is 0 Å². The van der Waals surface area contributed by atoms with Gasteiger partial charge in [0.2, 0.25) is 0 Å². The van der Waals surface area contributed by atoms with Crippen LogP contribution in [0.3, 0.4) is 0 Å². The molecule has 0 spiro atoms. The molecule has 5 N–H and O–H groups in total. The van der Waals surface area contributed by atoms with Crippen LogP contribution >= 0.6 is 28.3 Å². The first-order valence-corrected chi connectivity index (χ1v) is 28.3. The van der Waals surface area contributed by atoms with E-state index in [1.807, 2.05) is 65.8 Å². The highest BCUT2D eigenvalue weighted by molar-refractivity contribution is 9.10. The fraction of sp³-hybridized carbons (Fsp3) is 0.541. The molecular weight excluding hydrogens is 1070 g/mol. The zero-order valence-electron chi connectivity index (χ0n) is 47.8. The second kappa shape index (κ2) is 33.2. The number of esters is 1. The topological polar surface area (TPSA) is 179 Å². The molecule has 8 rings (SSSR count). The number of carbonyl (C=O) groups is 2. The molecule has 0 atom stereocenters. The van der Waals surface area contributed by atoms with E-state index < -0.39 is 0 Å². The molecule has 0 unspecified atom stereocenters. The zero-order chi connectivity index (χ0) is 56.0. The average Bonchev–Trinajstić information content (AvgIpc) is 4.15. The second-order valence-electron chi connectivity index (χ2n) is 20.3. The van der Waals surface area contributed by atoms with Gasteiger partial charge in [-0.15, -0.1) is 18.8 Å². The van der Waals surface area contributed by atoms with Crippen molar-refractivity contribution in [2.24, 2.45) is 5.73 Å². The summed E-state index contributed by atoms with van der Waals surface area (Å²) in [5.41, 5.74) is 16.1. The van der Waals surface area contributed by atoms with Crippen LogP contribution in [0.5, 0.6) is 0 Å². The molecule has 4 fully saturated rings. The number of nitrogens with two attached hydrogens (primary N) is 1. The van der Waals surface area contributed by atoms with Crippen LogP contribution in [-0.4, -0.2) is 130 Å². The molecule has 6 heterocycles. The van der Waals surface area contributed by atoms with E-state index in [-0.39, 0.29) is 41.9 Å². The van der Waals surface area contributed by atoms with E-state index in [1.165, 1.54) is 45.9 Å². The normalized spacial score (nSPS) is 15.6. The number of amides is 1. The van der Waals surface area contributed by atoms with Crippen LogP contribution in [0.2, 0.25) is 0 Å². The van der Waals surface area contributed by atoms with Crippen molar-refractivity contribution in [3.8, 4) is 24.2 Å². The van der Waals surface area contributed by atoms with E-state index >= 15 is 0 Å². The second-order valence-corrected chi connectivity index (χ2v) is 21.2. The first-order chi connectivity index (χ1) is 37.0. The number of aryl methyl sites for hydroxylation is 4. The van der Waals surface area contributed by atoms with Crippen LogP contribution in [0, 0.1) is 65.7 Å². The van der Waals surface area contributed by atoms with Crippen molar-refractivity contribution in [2.75, 3.05) is 95.7 Å². The molecule has 4 aromatic rings. The summed E-state index contributed by atoms with van der Waals surface area (Å²) in [7, 11) is 1.42. The van der Waals surface area contributed by atoms with Crippen molar-refractivity contribution >= 4 is 51.6 Å². The number of methoxy groups -OCH3 is 1. The van der Waals surface area contributed by atoms with Gasteiger partial charge in [-0.1, -0.05) is 33.7 Å². The molecule has 426 valence electrons. The summed E-state index contributed by atoms with van der Waals surface area (Å²) >= 11 is 3.51. The minimum atomic E-state index is -0.293. The molecule has 78 heavy (non-hydrogen) atoms. The van der Waals surface area contributed by atoms with E-state index in [2.05, 4.69) is 94.6 Å². The molecule has 2 aromatic carbocycles. The minimum absolute atomic E-state index is 0. The quantitative estimate of drug-likeness (QED) is 0.0740. The first-order valence-electron chi connectivity index (χ1n) is 27.5. The maximum absolute atomic E-state index is 13.5. The van der Waals surface area contributed by atoms with Crippen molar-refractivity contribution < 1.29 is 23.8 Å². The number of hydrogen-bond acceptors (Lipinski definition) is 12. The number of nitrogens with zero attached hydrogens (tertiary/aromatic N) is 4. The number of benzene rings is 2. The lowest BCUT2D eigenvalue weighted by Gasteiger charge is -2.36. The van der Waals surface area contributed by atoms with Crippen molar-refractivity contribution in [2.45, 2.75) is 132 Å². The highest BCUT2D eigenvalue weighted by atomic mass is 79.9. The van der Waals surface area contributed by atoms with Gasteiger partial charge in [-0.25, -0.2) is 4.79 Å². The molecule has 0 aliphatic carbocycles. The molecular formula is C61H86BrClN8O7. The number of hydrogen-bond donors (Lipinski definition) is 4. The van der Waals surface area contributed by atoms with Crippen molar-refractivity contribution in [3.63, 3.8) is 0 Å². The SMILES string of the molecule is C#CCN1CCCC1.CCN(c1cc(Br)cc(C(=O)OC)c1C)C1CCOCC1.CCN(c1cc(C#CCN2CCCC2)cc(C(=O)NCc2c(C)cc(C)[nH]c2=O)c1C)C1CCOCC1.Cc1cc(C)c(CN)c(=O)[nH]1.Cl. The monoisotopic (exact) mass is 1160 g/mol. The Hall–Kier alpha value is -5.43. The average molecular weight is 1160 g/mol. The van der Waals surface area contributed by atoms with Crippen LogP contribution in [0.15, 0.2) is 50.5 Å². The minimum Gasteiger partial charge on any atom is -0.465 e. The summed E-state index contributed by atoms with van der Waals surface area (Å²) in [6, 6.07) is 12.6. The number of nitrogens with one attached hydrogen (secondary N) is 3. The largest absolute Gasteiger partial charge is 0.465 e. The van der Waals surface area contributed by atoms with Gasteiger partial charge in [0, 0.05) is 114 Å². The van der Waals surface area contributed by atoms with E-state index in [9.17, 15) is 19.2 Å². The van der Waals surface area contributed by atoms with Gasteiger partial charge in [0.05, 0.1) is 25.8 Å². The fourth-order valence-corrected chi connectivity index (χ4v) is 11.0. The van der Waals surface area contributed by atoms with Gasteiger partial charge in [0.25, 0.3) is 17.0 Å². The summed E-state index contributed by atoms with van der Waals surface area (Å²) in [6.45, 7) is 27.4. The molecule has 2 aromatic heterocycles. The number of anilines is 2. The third-order valence-corrected chi connectivity index (χ3v) is 15.3. The predicted molar refractivity (Wildman–Crippen MR) is 322 cm³/mol. The van der Waals surface area contributed by atoms with Gasteiger partial charge in [-0.3, -0.25) is 24.2 Å². The highest BCUT2D eigenvalue weighted by Crippen LogP contribution is 2.33. The fourth-order valence-electron chi connectivity index (χ4n) is 10.6. The number of H-pyrrole nitrogens is 2. The van der Waals surface area contributed by atoms with Crippen LogP contribution in [0.4, 0.5) is 11.4 Å². The smallest absolute Gasteiger partial charge is 0.338 e.